The van der Waals surface area contributed by atoms with E-state index >= 15 is 0 Å². The zero-order chi connectivity index (χ0) is 16.1. The summed E-state index contributed by atoms with van der Waals surface area (Å²) in [5, 5.41) is 5.46. The van der Waals surface area contributed by atoms with Gasteiger partial charge in [-0.25, -0.2) is 9.18 Å². The van der Waals surface area contributed by atoms with E-state index in [-0.39, 0.29) is 0 Å². The molecule has 116 valence electrons. The molecule has 0 saturated heterocycles. The van der Waals surface area contributed by atoms with E-state index in [1.54, 1.807) is 6.92 Å². The van der Waals surface area contributed by atoms with Crippen LogP contribution in [0.4, 0.5) is 20.6 Å². The minimum absolute atomic E-state index is 0.304. The smallest absolute Gasteiger partial charge is 0.323 e. The molecule has 0 heterocycles. The fourth-order valence-electron chi connectivity index (χ4n) is 2.02. The molecule has 0 aliphatic carbocycles. The summed E-state index contributed by atoms with van der Waals surface area (Å²) in [6.45, 7) is 6.05. The summed E-state index contributed by atoms with van der Waals surface area (Å²) >= 11 is 0. The molecule has 22 heavy (non-hydrogen) atoms. The fourth-order valence-corrected chi connectivity index (χ4v) is 2.02. The second-order valence-corrected chi connectivity index (χ2v) is 4.97. The SMILES string of the molecule is CCOc1cc(F)ccc1NC(=O)Nc1cc(C)ccc1C. The first kappa shape index (κ1) is 15.8. The van der Waals surface area contributed by atoms with Gasteiger partial charge in [-0.2, -0.15) is 0 Å². The van der Waals surface area contributed by atoms with Crippen LogP contribution in [-0.4, -0.2) is 12.6 Å². The highest BCUT2D eigenvalue weighted by atomic mass is 19.1. The third-order valence-corrected chi connectivity index (χ3v) is 3.13. The minimum atomic E-state index is -0.413. The number of halogens is 1. The van der Waals surface area contributed by atoms with Crippen molar-refractivity contribution in [2.24, 2.45) is 0 Å². The van der Waals surface area contributed by atoms with Gasteiger partial charge in [0.05, 0.1) is 12.3 Å². The number of nitrogens with one attached hydrogen (secondary N) is 2. The van der Waals surface area contributed by atoms with Gasteiger partial charge in [-0.05, 0) is 50.1 Å². The van der Waals surface area contributed by atoms with Gasteiger partial charge < -0.3 is 15.4 Å². The molecule has 0 saturated carbocycles. The Bertz CT molecular complexity index is 686. The monoisotopic (exact) mass is 302 g/mol. The lowest BCUT2D eigenvalue weighted by atomic mass is 10.1. The maximum absolute atomic E-state index is 13.2. The molecule has 2 aromatic carbocycles. The molecule has 0 aliphatic heterocycles. The van der Waals surface area contributed by atoms with Gasteiger partial charge in [0.2, 0.25) is 0 Å². The Kier molecular flexibility index (Phi) is 4.99. The first-order chi connectivity index (χ1) is 10.5. The lowest BCUT2D eigenvalue weighted by Gasteiger charge is -2.13. The van der Waals surface area contributed by atoms with Crippen LogP contribution >= 0.6 is 0 Å². The van der Waals surface area contributed by atoms with Crippen molar-refractivity contribution >= 4 is 17.4 Å². The zero-order valence-corrected chi connectivity index (χ0v) is 12.9. The quantitative estimate of drug-likeness (QED) is 0.874. The predicted molar refractivity (Wildman–Crippen MR) is 86.1 cm³/mol. The highest BCUT2D eigenvalue weighted by Gasteiger charge is 2.10. The summed E-state index contributed by atoms with van der Waals surface area (Å²) in [6.07, 6.45) is 0. The van der Waals surface area contributed by atoms with Gasteiger partial charge in [0.25, 0.3) is 0 Å². The normalized spacial score (nSPS) is 10.2. The number of hydrogen-bond acceptors (Lipinski definition) is 2. The van der Waals surface area contributed by atoms with Crippen LogP contribution < -0.4 is 15.4 Å². The Hall–Kier alpha value is -2.56. The van der Waals surface area contributed by atoms with Gasteiger partial charge in [0.1, 0.15) is 11.6 Å². The third-order valence-electron chi connectivity index (χ3n) is 3.13. The third kappa shape index (κ3) is 3.97. The molecular weight excluding hydrogens is 283 g/mol. The average molecular weight is 302 g/mol. The molecule has 2 aromatic rings. The van der Waals surface area contributed by atoms with E-state index < -0.39 is 11.8 Å². The molecule has 5 heteroatoms. The Labute approximate surface area is 129 Å². The lowest BCUT2D eigenvalue weighted by molar-refractivity contribution is 0.262. The van der Waals surface area contributed by atoms with E-state index in [1.165, 1.54) is 18.2 Å². The number of carbonyl (C=O) groups is 1. The van der Waals surface area contributed by atoms with Crippen LogP contribution in [0.1, 0.15) is 18.1 Å². The van der Waals surface area contributed by atoms with Gasteiger partial charge in [0.15, 0.2) is 0 Å². The van der Waals surface area contributed by atoms with E-state index in [0.29, 0.717) is 18.0 Å². The van der Waals surface area contributed by atoms with Gasteiger partial charge in [-0.3, -0.25) is 0 Å². The molecular formula is C17H19FN2O2. The maximum atomic E-state index is 13.2. The van der Waals surface area contributed by atoms with Gasteiger partial charge in [-0.15, -0.1) is 0 Å². The van der Waals surface area contributed by atoms with Crippen molar-refractivity contribution in [3.05, 3.63) is 53.3 Å². The first-order valence-electron chi connectivity index (χ1n) is 7.07. The van der Waals surface area contributed by atoms with Crippen molar-refractivity contribution in [2.45, 2.75) is 20.8 Å². The molecule has 0 atom stereocenters. The molecule has 0 aromatic heterocycles. The van der Waals surface area contributed by atoms with E-state index in [9.17, 15) is 9.18 Å². The maximum Gasteiger partial charge on any atom is 0.323 e. The average Bonchev–Trinajstić information content (AvgIpc) is 2.46. The molecule has 0 radical (unpaired) electrons. The second-order valence-electron chi connectivity index (χ2n) is 4.97. The lowest BCUT2D eigenvalue weighted by Crippen LogP contribution is -2.20. The van der Waals surface area contributed by atoms with Crippen molar-refractivity contribution in [1.29, 1.82) is 0 Å². The largest absolute Gasteiger partial charge is 0.492 e. The van der Waals surface area contributed by atoms with Crippen molar-refractivity contribution in [2.75, 3.05) is 17.2 Å². The number of urea groups is 1. The van der Waals surface area contributed by atoms with E-state index in [1.807, 2.05) is 32.0 Å². The van der Waals surface area contributed by atoms with Crippen molar-refractivity contribution in [3.8, 4) is 5.75 Å². The predicted octanol–water partition coefficient (Wildman–Crippen LogP) is 4.49. The number of carbonyl (C=O) groups excluding carboxylic acids is 1. The Balaban J connectivity index is 2.13. The summed E-state index contributed by atoms with van der Waals surface area (Å²) in [4.78, 5) is 12.1. The number of rotatable bonds is 4. The number of hydrogen-bond donors (Lipinski definition) is 2. The molecule has 2 amide bonds. The molecule has 2 rings (SSSR count). The molecule has 0 unspecified atom stereocenters. The van der Waals surface area contributed by atoms with Crippen LogP contribution in [0.2, 0.25) is 0 Å². The molecule has 0 bridgehead atoms. The van der Waals surface area contributed by atoms with Crippen LogP contribution in [0.3, 0.4) is 0 Å². The second kappa shape index (κ2) is 6.93. The van der Waals surface area contributed by atoms with Crippen LogP contribution in [0.5, 0.6) is 5.75 Å². The number of aryl methyl sites for hydroxylation is 2. The molecule has 4 nitrogen and oxygen atoms in total. The van der Waals surface area contributed by atoms with E-state index in [0.717, 1.165) is 16.8 Å². The van der Waals surface area contributed by atoms with Crippen LogP contribution in [0, 0.1) is 19.7 Å². The molecule has 2 N–H and O–H groups in total. The Morgan fingerprint density at radius 2 is 1.82 bits per heavy atom. The highest BCUT2D eigenvalue weighted by molar-refractivity contribution is 6.01. The fraction of sp³-hybridized carbons (Fsp3) is 0.235. The van der Waals surface area contributed by atoms with E-state index in [4.69, 9.17) is 4.74 Å². The Morgan fingerprint density at radius 1 is 1.09 bits per heavy atom. The topological polar surface area (TPSA) is 50.4 Å². The molecule has 0 fully saturated rings. The van der Waals surface area contributed by atoms with Crippen LogP contribution in [-0.2, 0) is 0 Å². The van der Waals surface area contributed by atoms with Crippen molar-refractivity contribution < 1.29 is 13.9 Å². The highest BCUT2D eigenvalue weighted by Crippen LogP contribution is 2.26. The van der Waals surface area contributed by atoms with Gasteiger partial charge in [0, 0.05) is 11.8 Å². The minimum Gasteiger partial charge on any atom is -0.492 e. The number of anilines is 2. The zero-order valence-electron chi connectivity index (χ0n) is 12.9. The summed E-state index contributed by atoms with van der Waals surface area (Å²) in [5.74, 6) is -0.109. The number of ether oxygens (including phenoxy) is 1. The molecule has 0 spiro atoms. The Morgan fingerprint density at radius 3 is 2.55 bits per heavy atom. The summed E-state index contributed by atoms with van der Waals surface area (Å²) in [6, 6.07) is 9.40. The number of amides is 2. The van der Waals surface area contributed by atoms with Gasteiger partial charge >= 0.3 is 6.03 Å². The summed E-state index contributed by atoms with van der Waals surface area (Å²) < 4.78 is 18.6. The standard InChI is InChI=1S/C17H19FN2O2/c1-4-22-16-10-13(18)7-8-14(16)19-17(21)20-15-9-11(2)5-6-12(15)3/h5-10H,4H2,1-3H3,(H2,19,20,21). The number of benzene rings is 2. The summed E-state index contributed by atoms with van der Waals surface area (Å²) in [5.41, 5.74) is 3.17. The van der Waals surface area contributed by atoms with Crippen LogP contribution in [0.25, 0.3) is 0 Å². The van der Waals surface area contributed by atoms with Gasteiger partial charge in [-0.1, -0.05) is 12.1 Å². The van der Waals surface area contributed by atoms with E-state index in [2.05, 4.69) is 10.6 Å². The summed E-state index contributed by atoms with van der Waals surface area (Å²) in [7, 11) is 0. The van der Waals surface area contributed by atoms with Crippen molar-refractivity contribution in [3.63, 3.8) is 0 Å². The van der Waals surface area contributed by atoms with Crippen LogP contribution in [0.15, 0.2) is 36.4 Å². The molecule has 0 aliphatic rings. The first-order valence-corrected chi connectivity index (χ1v) is 7.07. The van der Waals surface area contributed by atoms with Crippen molar-refractivity contribution in [1.82, 2.24) is 0 Å².